The normalized spacial score (nSPS) is 18.3. The predicted molar refractivity (Wildman–Crippen MR) is 165 cm³/mol. The molecule has 3 aromatic rings. The van der Waals surface area contributed by atoms with Crippen LogP contribution in [0.25, 0.3) is 0 Å². The van der Waals surface area contributed by atoms with E-state index in [-0.39, 0.29) is 49.0 Å². The van der Waals surface area contributed by atoms with Crippen molar-refractivity contribution in [1.82, 2.24) is 14.3 Å². The number of carbonyl (C=O) groups is 1. The molecule has 13 nitrogen and oxygen atoms in total. The Morgan fingerprint density at radius 3 is 2.45 bits per heavy atom. The third kappa shape index (κ3) is 5.34. The Bertz CT molecular complexity index is 1920. The summed E-state index contributed by atoms with van der Waals surface area (Å²) in [5.74, 6) is 6.01. The van der Waals surface area contributed by atoms with Crippen LogP contribution < -0.4 is 24.6 Å². The summed E-state index contributed by atoms with van der Waals surface area (Å²) in [4.78, 5) is 25.9. The SMILES string of the molecule is Cc1cc(OCC#CCN)nc(N2CCN(S(=O)(=O)c3ccc4c(c3)CC3N4C(=O)c4ccccc4N3S(C)(=O)=O)CC2)n1. The van der Waals surface area contributed by atoms with Crippen molar-refractivity contribution in [1.29, 1.82) is 0 Å². The molecule has 1 atom stereocenters. The van der Waals surface area contributed by atoms with E-state index in [1.165, 1.54) is 19.6 Å². The Hall–Kier alpha value is -4.23. The highest BCUT2D eigenvalue weighted by Crippen LogP contribution is 2.43. The van der Waals surface area contributed by atoms with Crippen molar-refractivity contribution >= 4 is 43.3 Å². The zero-order chi connectivity index (χ0) is 31.2. The molecule has 0 bridgehead atoms. The van der Waals surface area contributed by atoms with Crippen molar-refractivity contribution in [2.45, 2.75) is 24.4 Å². The molecule has 1 aromatic heterocycles. The second kappa shape index (κ2) is 11.4. The third-order valence-corrected chi connectivity index (χ3v) is 10.8. The highest BCUT2D eigenvalue weighted by Gasteiger charge is 2.47. The van der Waals surface area contributed by atoms with Gasteiger partial charge in [-0.3, -0.25) is 9.69 Å². The summed E-state index contributed by atoms with van der Waals surface area (Å²) in [6.07, 6.45) is 0.441. The molecule has 0 radical (unpaired) electrons. The van der Waals surface area contributed by atoms with Crippen LogP contribution in [0.4, 0.5) is 17.3 Å². The fraction of sp³-hybridized carbons (Fsp3) is 0.345. The molecule has 1 amide bonds. The summed E-state index contributed by atoms with van der Waals surface area (Å²) in [6, 6.07) is 12.9. The Morgan fingerprint density at radius 2 is 1.73 bits per heavy atom. The lowest BCUT2D eigenvalue weighted by molar-refractivity contribution is 0.0976. The number of benzene rings is 2. The van der Waals surface area contributed by atoms with E-state index >= 15 is 0 Å². The predicted octanol–water partition coefficient (Wildman–Crippen LogP) is 0.945. The summed E-state index contributed by atoms with van der Waals surface area (Å²) in [5.41, 5.74) is 7.75. The van der Waals surface area contributed by atoms with E-state index < -0.39 is 26.2 Å². The van der Waals surface area contributed by atoms with Gasteiger partial charge in [0.25, 0.3) is 5.91 Å². The smallest absolute Gasteiger partial charge is 0.262 e. The van der Waals surface area contributed by atoms with Gasteiger partial charge in [0, 0.05) is 50.0 Å². The molecule has 230 valence electrons. The number of hydrogen-bond acceptors (Lipinski definition) is 10. The minimum Gasteiger partial charge on any atom is -0.464 e. The van der Waals surface area contributed by atoms with E-state index in [4.69, 9.17) is 10.5 Å². The maximum Gasteiger partial charge on any atom is 0.262 e. The number of nitrogens with two attached hydrogens (primary N) is 1. The molecule has 15 heteroatoms. The van der Waals surface area contributed by atoms with Crippen molar-refractivity contribution in [2.75, 3.05) is 59.7 Å². The first kappa shape index (κ1) is 29.8. The fourth-order valence-electron chi connectivity index (χ4n) is 5.79. The van der Waals surface area contributed by atoms with Crippen LogP contribution in [0.3, 0.4) is 0 Å². The molecule has 3 aliphatic rings. The Morgan fingerprint density at radius 1 is 0.977 bits per heavy atom. The standard InChI is InChI=1S/C29H31N7O6S2/c1-20-17-26(42-16-6-5-11-30)32-29(31-20)33-12-14-34(15-13-33)44(40,41)22-9-10-24-21(18-22)19-27-35(24)28(37)23-7-3-4-8-25(23)36(27)43(2,38)39/h3-4,7-10,17-18,27H,11-16,19,30H2,1-2H3. The number of hydrogen-bond donors (Lipinski definition) is 1. The van der Waals surface area contributed by atoms with Crippen LogP contribution in [0.1, 0.15) is 21.6 Å². The van der Waals surface area contributed by atoms with Crippen LogP contribution in [-0.2, 0) is 26.5 Å². The van der Waals surface area contributed by atoms with Gasteiger partial charge in [-0.15, -0.1) is 0 Å². The van der Waals surface area contributed by atoms with Gasteiger partial charge in [-0.2, -0.15) is 9.29 Å². The van der Waals surface area contributed by atoms with Gasteiger partial charge in [0.1, 0.15) is 6.17 Å². The Labute approximate surface area is 256 Å². The molecule has 44 heavy (non-hydrogen) atoms. The van der Waals surface area contributed by atoms with Crippen LogP contribution in [0, 0.1) is 18.8 Å². The monoisotopic (exact) mass is 637 g/mol. The molecule has 2 N–H and O–H groups in total. The molecule has 0 spiro atoms. The molecule has 0 saturated carbocycles. The lowest BCUT2D eigenvalue weighted by atomic mass is 10.1. The number of aromatic nitrogens is 2. The molecule has 1 fully saturated rings. The van der Waals surface area contributed by atoms with E-state index in [1.807, 2.05) is 11.8 Å². The minimum absolute atomic E-state index is 0.0847. The Balaban J connectivity index is 1.20. The molecule has 2 aromatic carbocycles. The first-order valence-corrected chi connectivity index (χ1v) is 17.2. The molecule has 3 aliphatic heterocycles. The van der Waals surface area contributed by atoms with E-state index in [1.54, 1.807) is 42.5 Å². The molecule has 4 heterocycles. The largest absolute Gasteiger partial charge is 0.464 e. The number of sulfonamides is 2. The first-order chi connectivity index (χ1) is 21.0. The summed E-state index contributed by atoms with van der Waals surface area (Å²) >= 11 is 0. The molecule has 0 aliphatic carbocycles. The van der Waals surface area contributed by atoms with Crippen LogP contribution in [-0.4, -0.2) is 88.8 Å². The molecular formula is C29H31N7O6S2. The molecule has 1 saturated heterocycles. The number of carbonyl (C=O) groups excluding carboxylic acids is 1. The maximum atomic E-state index is 13.7. The number of anilines is 3. The second-order valence-corrected chi connectivity index (χ2v) is 14.4. The molecular weight excluding hydrogens is 606 g/mol. The number of ether oxygens (including phenoxy) is 1. The number of para-hydroxylation sites is 1. The van der Waals surface area contributed by atoms with Crippen LogP contribution >= 0.6 is 0 Å². The quantitative estimate of drug-likeness (QED) is 0.386. The van der Waals surface area contributed by atoms with Gasteiger partial charge in [-0.05, 0) is 42.8 Å². The van der Waals surface area contributed by atoms with E-state index in [0.717, 1.165) is 6.26 Å². The van der Waals surface area contributed by atoms with E-state index in [9.17, 15) is 21.6 Å². The van der Waals surface area contributed by atoms with Crippen LogP contribution in [0.2, 0.25) is 0 Å². The van der Waals surface area contributed by atoms with Gasteiger partial charge in [0.05, 0.1) is 28.9 Å². The molecule has 1 unspecified atom stereocenters. The summed E-state index contributed by atoms with van der Waals surface area (Å²) in [6.45, 7) is 3.36. The maximum absolute atomic E-state index is 13.7. The van der Waals surface area contributed by atoms with Crippen molar-refractivity contribution in [3.8, 4) is 17.7 Å². The van der Waals surface area contributed by atoms with Crippen molar-refractivity contribution < 1.29 is 26.4 Å². The zero-order valence-corrected chi connectivity index (χ0v) is 25.8. The number of piperazine rings is 1. The summed E-state index contributed by atoms with van der Waals surface area (Å²) < 4.78 is 61.5. The van der Waals surface area contributed by atoms with Gasteiger partial charge in [-0.1, -0.05) is 24.0 Å². The van der Waals surface area contributed by atoms with Gasteiger partial charge in [0.2, 0.25) is 31.9 Å². The topological polar surface area (TPSA) is 159 Å². The highest BCUT2D eigenvalue weighted by atomic mass is 32.2. The minimum atomic E-state index is -3.88. The third-order valence-electron chi connectivity index (χ3n) is 7.73. The Kier molecular flexibility index (Phi) is 7.70. The van der Waals surface area contributed by atoms with Gasteiger partial charge in [0.15, 0.2) is 6.61 Å². The number of aryl methyl sites for hydroxylation is 1. The van der Waals surface area contributed by atoms with E-state index in [0.29, 0.717) is 47.5 Å². The second-order valence-electron chi connectivity index (χ2n) is 10.6. The van der Waals surface area contributed by atoms with Crippen molar-refractivity contribution in [3.63, 3.8) is 0 Å². The number of amides is 1. The van der Waals surface area contributed by atoms with Gasteiger partial charge in [-0.25, -0.2) is 26.1 Å². The zero-order valence-electron chi connectivity index (χ0n) is 24.2. The molecule has 6 rings (SSSR count). The van der Waals surface area contributed by atoms with Crippen molar-refractivity contribution in [3.05, 3.63) is 65.4 Å². The average Bonchev–Trinajstić information content (AvgIpc) is 3.37. The van der Waals surface area contributed by atoms with Crippen LogP contribution in [0.5, 0.6) is 5.88 Å². The number of nitrogens with zero attached hydrogens (tertiary/aromatic N) is 6. The van der Waals surface area contributed by atoms with E-state index in [2.05, 4.69) is 21.8 Å². The average molecular weight is 638 g/mol. The number of rotatable bonds is 6. The van der Waals surface area contributed by atoms with Gasteiger partial charge >= 0.3 is 0 Å². The number of fused-ring (bicyclic) bond motifs is 4. The first-order valence-electron chi connectivity index (χ1n) is 13.9. The highest BCUT2D eigenvalue weighted by molar-refractivity contribution is 7.92. The van der Waals surface area contributed by atoms with Crippen LogP contribution in [0.15, 0.2) is 53.4 Å². The van der Waals surface area contributed by atoms with Crippen molar-refractivity contribution in [2.24, 2.45) is 5.73 Å². The fourth-order valence-corrected chi connectivity index (χ4v) is 8.39. The lowest BCUT2D eigenvalue weighted by Crippen LogP contribution is -2.55. The summed E-state index contributed by atoms with van der Waals surface area (Å²) in [5, 5.41) is 0. The van der Waals surface area contributed by atoms with Gasteiger partial charge < -0.3 is 15.4 Å². The lowest BCUT2D eigenvalue weighted by Gasteiger charge is -2.40. The summed E-state index contributed by atoms with van der Waals surface area (Å²) in [7, 11) is -7.64.